The second-order valence-electron chi connectivity index (χ2n) is 8.82. The number of carbonyl (C=O) groups excluding carboxylic acids is 3. The number of nitrogens with one attached hydrogen (secondary N) is 3. The van der Waals surface area contributed by atoms with Crippen molar-refractivity contribution in [3.8, 4) is 0 Å². The molecule has 0 aliphatic rings. The molecule has 0 aliphatic heterocycles. The summed E-state index contributed by atoms with van der Waals surface area (Å²) in [5.74, 6) is -4.00. The number of aliphatic carboxylic acids is 2. The summed E-state index contributed by atoms with van der Waals surface area (Å²) in [5.41, 5.74) is 12.3. The highest BCUT2D eigenvalue weighted by Crippen LogP contribution is 2.08. The molecule has 1 aromatic rings. The van der Waals surface area contributed by atoms with Gasteiger partial charge in [0.25, 0.3) is 0 Å². The minimum atomic E-state index is -1.43. The monoisotopic (exact) mass is 553 g/mol. The first-order chi connectivity index (χ1) is 18.1. The molecule has 0 spiro atoms. The van der Waals surface area contributed by atoms with Gasteiger partial charge in [-0.3, -0.25) is 19.2 Å². The van der Waals surface area contributed by atoms with Crippen molar-refractivity contribution in [1.82, 2.24) is 16.0 Å². The van der Waals surface area contributed by atoms with Crippen LogP contribution in [0.5, 0.6) is 0 Å². The van der Waals surface area contributed by atoms with E-state index in [0.717, 1.165) is 5.56 Å². The van der Waals surface area contributed by atoms with Crippen molar-refractivity contribution in [3.05, 3.63) is 35.9 Å². The summed E-state index contributed by atoms with van der Waals surface area (Å²) >= 11 is 1.43. The number of carboxylic acids is 2. The molecule has 38 heavy (non-hydrogen) atoms. The largest absolute Gasteiger partial charge is 0.481 e. The van der Waals surface area contributed by atoms with Crippen LogP contribution in [0.1, 0.15) is 44.1 Å². The van der Waals surface area contributed by atoms with Crippen LogP contribution < -0.4 is 27.4 Å². The van der Waals surface area contributed by atoms with Gasteiger partial charge in [0.05, 0.1) is 6.04 Å². The van der Waals surface area contributed by atoms with Crippen LogP contribution in [0, 0.1) is 0 Å². The maximum Gasteiger partial charge on any atom is 0.326 e. The number of thioether (sulfide) groups is 1. The molecule has 0 aromatic heterocycles. The predicted octanol–water partition coefficient (Wildman–Crippen LogP) is -0.158. The van der Waals surface area contributed by atoms with Gasteiger partial charge in [-0.2, -0.15) is 11.8 Å². The normalized spacial score (nSPS) is 14.0. The van der Waals surface area contributed by atoms with E-state index in [4.69, 9.17) is 16.6 Å². The Morgan fingerprint density at radius 2 is 1.45 bits per heavy atom. The van der Waals surface area contributed by atoms with E-state index in [9.17, 15) is 29.1 Å². The summed E-state index contributed by atoms with van der Waals surface area (Å²) in [5, 5.41) is 25.9. The summed E-state index contributed by atoms with van der Waals surface area (Å²) in [4.78, 5) is 61.4. The molecule has 212 valence electrons. The molecule has 0 aliphatic carbocycles. The molecule has 0 fully saturated rings. The minimum absolute atomic E-state index is 0.140. The number of hydrogen-bond acceptors (Lipinski definition) is 8. The van der Waals surface area contributed by atoms with Crippen molar-refractivity contribution >= 4 is 41.4 Å². The van der Waals surface area contributed by atoms with Crippen LogP contribution in [-0.4, -0.2) is 82.6 Å². The smallest absolute Gasteiger partial charge is 0.326 e. The van der Waals surface area contributed by atoms with Gasteiger partial charge in [-0.25, -0.2) is 4.79 Å². The summed E-state index contributed by atoms with van der Waals surface area (Å²) in [6.07, 6.45) is 3.15. The maximum absolute atomic E-state index is 13.3. The molecule has 0 saturated heterocycles. The van der Waals surface area contributed by atoms with Crippen molar-refractivity contribution < 1.29 is 34.2 Å². The topological polar surface area (TPSA) is 214 Å². The van der Waals surface area contributed by atoms with E-state index >= 15 is 0 Å². The van der Waals surface area contributed by atoms with E-state index in [1.807, 2.05) is 12.3 Å². The average Bonchev–Trinajstić information content (AvgIpc) is 2.88. The highest BCUT2D eigenvalue weighted by Gasteiger charge is 2.30. The van der Waals surface area contributed by atoms with Crippen LogP contribution in [-0.2, 0) is 30.4 Å². The molecule has 1 aromatic carbocycles. The Morgan fingerprint density at radius 3 is 2.03 bits per heavy atom. The Labute approximate surface area is 226 Å². The standard InChI is InChI=1S/C25H39N5O7S/c1-38-14-12-18(23(34)29-19(25(36)37)10-11-21(31)32)28-24(35)20(15-16-7-3-2-4-8-16)30-22(33)17(27)9-5-6-13-26/h2-4,7-8,17-20H,5-6,9-15,26-27H2,1H3,(H,28,35)(H,29,34)(H,30,33)(H,31,32)(H,36,37). The van der Waals surface area contributed by atoms with Gasteiger partial charge in [-0.1, -0.05) is 36.8 Å². The number of benzene rings is 1. The fourth-order valence-electron chi connectivity index (χ4n) is 3.55. The Balaban J connectivity index is 3.04. The lowest BCUT2D eigenvalue weighted by Crippen LogP contribution is -2.57. The molecule has 4 unspecified atom stereocenters. The minimum Gasteiger partial charge on any atom is -0.481 e. The zero-order valence-corrected chi connectivity index (χ0v) is 22.4. The molecule has 13 heteroatoms. The van der Waals surface area contributed by atoms with Crippen LogP contribution in [0.25, 0.3) is 0 Å². The molecule has 12 nitrogen and oxygen atoms in total. The second kappa shape index (κ2) is 18.2. The fourth-order valence-corrected chi connectivity index (χ4v) is 4.02. The summed E-state index contributed by atoms with van der Waals surface area (Å²) in [6.45, 7) is 0.478. The van der Waals surface area contributed by atoms with Crippen molar-refractivity contribution in [2.45, 2.75) is 69.1 Å². The van der Waals surface area contributed by atoms with Crippen LogP contribution in [0.3, 0.4) is 0 Å². The number of nitrogens with two attached hydrogens (primary N) is 2. The van der Waals surface area contributed by atoms with E-state index in [2.05, 4.69) is 16.0 Å². The lowest BCUT2D eigenvalue weighted by Gasteiger charge is -2.25. The van der Waals surface area contributed by atoms with E-state index in [1.54, 1.807) is 24.3 Å². The first-order valence-electron chi connectivity index (χ1n) is 12.4. The van der Waals surface area contributed by atoms with Crippen LogP contribution in [0.4, 0.5) is 0 Å². The van der Waals surface area contributed by atoms with Gasteiger partial charge in [0.1, 0.15) is 18.1 Å². The van der Waals surface area contributed by atoms with Crippen molar-refractivity contribution in [1.29, 1.82) is 0 Å². The number of rotatable bonds is 19. The third kappa shape index (κ3) is 12.9. The number of hydrogen-bond donors (Lipinski definition) is 7. The number of unbranched alkanes of at least 4 members (excludes halogenated alkanes) is 1. The lowest BCUT2D eigenvalue weighted by molar-refractivity contribution is -0.143. The molecule has 0 radical (unpaired) electrons. The highest BCUT2D eigenvalue weighted by molar-refractivity contribution is 7.98. The molecule has 1 rings (SSSR count). The van der Waals surface area contributed by atoms with Gasteiger partial charge in [0, 0.05) is 12.8 Å². The van der Waals surface area contributed by atoms with Crippen molar-refractivity contribution in [2.24, 2.45) is 11.5 Å². The molecule has 0 saturated carbocycles. The van der Waals surface area contributed by atoms with Crippen molar-refractivity contribution in [3.63, 3.8) is 0 Å². The first-order valence-corrected chi connectivity index (χ1v) is 13.8. The van der Waals surface area contributed by atoms with Crippen LogP contribution >= 0.6 is 11.8 Å². The van der Waals surface area contributed by atoms with E-state index < -0.39 is 60.2 Å². The van der Waals surface area contributed by atoms with Crippen LogP contribution in [0.2, 0.25) is 0 Å². The SMILES string of the molecule is CSCCC(NC(=O)C(Cc1ccccc1)NC(=O)C(N)CCCCN)C(=O)NC(CCC(=O)O)C(=O)O. The average molecular weight is 554 g/mol. The lowest BCUT2D eigenvalue weighted by atomic mass is 10.0. The highest BCUT2D eigenvalue weighted by atomic mass is 32.2. The molecule has 4 atom stereocenters. The number of carbonyl (C=O) groups is 5. The van der Waals surface area contributed by atoms with Gasteiger partial charge < -0.3 is 37.6 Å². The fraction of sp³-hybridized carbons (Fsp3) is 0.560. The quantitative estimate of drug-likeness (QED) is 0.112. The van der Waals surface area contributed by atoms with E-state index in [1.165, 1.54) is 11.8 Å². The number of amides is 3. The Kier molecular flexibility index (Phi) is 15.7. The van der Waals surface area contributed by atoms with Crippen molar-refractivity contribution in [2.75, 3.05) is 18.6 Å². The van der Waals surface area contributed by atoms with E-state index in [0.29, 0.717) is 31.6 Å². The zero-order valence-electron chi connectivity index (χ0n) is 21.6. The predicted molar refractivity (Wildman–Crippen MR) is 144 cm³/mol. The van der Waals surface area contributed by atoms with Gasteiger partial charge in [-0.15, -0.1) is 0 Å². The van der Waals surface area contributed by atoms with Gasteiger partial charge >= 0.3 is 11.9 Å². The summed E-state index contributed by atoms with van der Waals surface area (Å²) in [6, 6.07) is 4.58. The van der Waals surface area contributed by atoms with Crippen LogP contribution in [0.15, 0.2) is 30.3 Å². The number of carboxylic acid groups (broad SMARTS) is 2. The Hall–Kier alpha value is -3.16. The molecular formula is C25H39N5O7S. The van der Waals surface area contributed by atoms with Gasteiger partial charge in [0.15, 0.2) is 0 Å². The Bertz CT molecular complexity index is 919. The third-order valence-corrected chi connectivity index (χ3v) is 6.37. The molecular weight excluding hydrogens is 514 g/mol. The molecule has 9 N–H and O–H groups in total. The molecule has 0 heterocycles. The summed E-state index contributed by atoms with van der Waals surface area (Å²) < 4.78 is 0. The maximum atomic E-state index is 13.3. The van der Waals surface area contributed by atoms with E-state index in [-0.39, 0.29) is 19.3 Å². The van der Waals surface area contributed by atoms with Gasteiger partial charge in [0.2, 0.25) is 17.7 Å². The summed E-state index contributed by atoms with van der Waals surface area (Å²) in [7, 11) is 0. The Morgan fingerprint density at radius 1 is 0.842 bits per heavy atom. The third-order valence-electron chi connectivity index (χ3n) is 5.73. The molecule has 3 amide bonds. The first kappa shape index (κ1) is 32.9. The molecule has 0 bridgehead atoms. The second-order valence-corrected chi connectivity index (χ2v) is 9.80. The van der Waals surface area contributed by atoms with Gasteiger partial charge in [-0.05, 0) is 49.8 Å². The zero-order chi connectivity index (χ0) is 28.5.